The fourth-order valence-electron chi connectivity index (χ4n) is 3.15. The van der Waals surface area contributed by atoms with Gasteiger partial charge in [-0.3, -0.25) is 0 Å². The van der Waals surface area contributed by atoms with E-state index in [-0.39, 0.29) is 12.1 Å². The van der Waals surface area contributed by atoms with Gasteiger partial charge in [0, 0.05) is 18.7 Å². The van der Waals surface area contributed by atoms with Crippen LogP contribution in [0.25, 0.3) is 0 Å². The number of rotatable bonds is 3. The number of likely N-dealkylation sites (tertiary alicyclic amines) is 1. The molecular weight excluding hydrogens is 278 g/mol. The Morgan fingerprint density at radius 1 is 1.36 bits per heavy atom. The van der Waals surface area contributed by atoms with E-state index < -0.39 is 0 Å². The van der Waals surface area contributed by atoms with Gasteiger partial charge in [-0.2, -0.15) is 0 Å². The lowest BCUT2D eigenvalue weighted by Crippen LogP contribution is -2.39. The van der Waals surface area contributed by atoms with Crippen LogP contribution in [-0.4, -0.2) is 22.6 Å². The Labute approximate surface area is 130 Å². The molecule has 22 heavy (non-hydrogen) atoms. The van der Waals surface area contributed by atoms with Crippen LogP contribution in [0.3, 0.4) is 0 Å². The number of aromatic nitrogens is 1. The van der Waals surface area contributed by atoms with Crippen LogP contribution in [-0.2, 0) is 6.54 Å². The van der Waals surface area contributed by atoms with Gasteiger partial charge in [0.1, 0.15) is 5.76 Å². The minimum Gasteiger partial charge on any atom is -0.361 e. The van der Waals surface area contributed by atoms with Crippen molar-refractivity contribution in [2.45, 2.75) is 39.3 Å². The second-order valence-electron chi connectivity index (χ2n) is 5.73. The predicted molar refractivity (Wildman–Crippen MR) is 83.3 cm³/mol. The molecule has 1 aliphatic heterocycles. The van der Waals surface area contributed by atoms with Gasteiger partial charge in [-0.25, -0.2) is 4.79 Å². The van der Waals surface area contributed by atoms with Crippen molar-refractivity contribution >= 4 is 6.03 Å². The quantitative estimate of drug-likeness (QED) is 0.945. The largest absolute Gasteiger partial charge is 0.361 e. The van der Waals surface area contributed by atoms with Crippen molar-refractivity contribution in [2.24, 2.45) is 0 Å². The van der Waals surface area contributed by atoms with Gasteiger partial charge in [0.2, 0.25) is 0 Å². The Bertz CT molecular complexity index is 632. The minimum absolute atomic E-state index is 0.0219. The summed E-state index contributed by atoms with van der Waals surface area (Å²) in [4.78, 5) is 14.4. The number of benzene rings is 1. The highest BCUT2D eigenvalue weighted by Gasteiger charge is 2.33. The fraction of sp³-hybridized carbons (Fsp3) is 0.412. The average Bonchev–Trinajstić information content (AvgIpc) is 3.12. The first-order valence-corrected chi connectivity index (χ1v) is 7.68. The van der Waals surface area contributed by atoms with E-state index in [1.807, 2.05) is 49.1 Å². The Morgan fingerprint density at radius 2 is 2.14 bits per heavy atom. The third kappa shape index (κ3) is 2.84. The maximum atomic E-state index is 12.5. The number of carbonyl (C=O) groups excluding carboxylic acids is 1. The van der Waals surface area contributed by atoms with Gasteiger partial charge in [0.15, 0.2) is 0 Å². The van der Waals surface area contributed by atoms with Gasteiger partial charge in [0.05, 0.1) is 11.7 Å². The number of urea groups is 1. The molecule has 1 aromatic heterocycles. The number of hydrogen-bond donors (Lipinski definition) is 1. The molecule has 2 aromatic rings. The average molecular weight is 299 g/mol. The van der Waals surface area contributed by atoms with Crippen molar-refractivity contribution in [3.63, 3.8) is 0 Å². The number of amides is 2. The van der Waals surface area contributed by atoms with Crippen LogP contribution in [0.1, 0.15) is 41.5 Å². The zero-order valence-corrected chi connectivity index (χ0v) is 13.0. The molecular formula is C17H21N3O2. The molecule has 116 valence electrons. The molecule has 0 unspecified atom stereocenters. The molecule has 1 saturated heterocycles. The van der Waals surface area contributed by atoms with E-state index in [9.17, 15) is 4.79 Å². The second kappa shape index (κ2) is 6.22. The maximum absolute atomic E-state index is 12.5. The first-order chi connectivity index (χ1) is 10.7. The molecule has 1 atom stereocenters. The molecule has 0 bridgehead atoms. The number of nitrogens with one attached hydrogen (secondary N) is 1. The van der Waals surface area contributed by atoms with Crippen LogP contribution >= 0.6 is 0 Å². The van der Waals surface area contributed by atoms with Gasteiger partial charge in [-0.1, -0.05) is 35.5 Å². The summed E-state index contributed by atoms with van der Waals surface area (Å²) in [5, 5.41) is 7.02. The van der Waals surface area contributed by atoms with E-state index in [2.05, 4.69) is 10.5 Å². The van der Waals surface area contributed by atoms with E-state index in [0.29, 0.717) is 6.54 Å². The van der Waals surface area contributed by atoms with Crippen molar-refractivity contribution in [3.8, 4) is 0 Å². The molecule has 2 heterocycles. The van der Waals surface area contributed by atoms with E-state index in [0.717, 1.165) is 42.0 Å². The topological polar surface area (TPSA) is 58.4 Å². The SMILES string of the molecule is Cc1noc(C)c1[C@@H]1CCCN1C(=O)NCc1ccccc1. The van der Waals surface area contributed by atoms with Crippen molar-refractivity contribution in [3.05, 3.63) is 52.9 Å². The fourth-order valence-corrected chi connectivity index (χ4v) is 3.15. The predicted octanol–water partition coefficient (Wildman–Crippen LogP) is 3.34. The molecule has 1 aliphatic rings. The summed E-state index contributed by atoms with van der Waals surface area (Å²) < 4.78 is 5.26. The normalized spacial score (nSPS) is 17.7. The van der Waals surface area contributed by atoms with E-state index in [4.69, 9.17) is 4.52 Å². The molecule has 0 spiro atoms. The second-order valence-corrected chi connectivity index (χ2v) is 5.73. The van der Waals surface area contributed by atoms with Crippen LogP contribution in [0, 0.1) is 13.8 Å². The highest BCUT2D eigenvalue weighted by Crippen LogP contribution is 2.35. The van der Waals surface area contributed by atoms with Crippen LogP contribution in [0.5, 0.6) is 0 Å². The highest BCUT2D eigenvalue weighted by molar-refractivity contribution is 5.75. The molecule has 5 heteroatoms. The summed E-state index contributed by atoms with van der Waals surface area (Å²) in [6, 6.07) is 9.99. The maximum Gasteiger partial charge on any atom is 0.318 e. The molecule has 0 aliphatic carbocycles. The van der Waals surface area contributed by atoms with Crippen molar-refractivity contribution in [2.75, 3.05) is 6.54 Å². The van der Waals surface area contributed by atoms with E-state index >= 15 is 0 Å². The standard InChI is InChI=1S/C17H21N3O2/c1-12-16(13(2)22-19-12)15-9-6-10-20(15)17(21)18-11-14-7-4-3-5-8-14/h3-5,7-8,15H,6,9-11H2,1-2H3,(H,18,21)/t15-/m0/s1. The minimum atomic E-state index is -0.0219. The lowest BCUT2D eigenvalue weighted by Gasteiger charge is -2.25. The van der Waals surface area contributed by atoms with E-state index in [1.165, 1.54) is 0 Å². The Morgan fingerprint density at radius 3 is 2.82 bits per heavy atom. The molecule has 1 fully saturated rings. The van der Waals surface area contributed by atoms with Gasteiger partial charge in [-0.15, -0.1) is 0 Å². The highest BCUT2D eigenvalue weighted by atomic mass is 16.5. The number of nitrogens with zero attached hydrogens (tertiary/aromatic N) is 2. The summed E-state index contributed by atoms with van der Waals surface area (Å²) in [7, 11) is 0. The zero-order chi connectivity index (χ0) is 15.5. The lowest BCUT2D eigenvalue weighted by molar-refractivity contribution is 0.192. The number of aryl methyl sites for hydroxylation is 2. The molecule has 1 aromatic carbocycles. The molecule has 1 N–H and O–H groups in total. The third-order valence-electron chi connectivity index (χ3n) is 4.22. The van der Waals surface area contributed by atoms with Crippen LogP contribution < -0.4 is 5.32 Å². The Kier molecular flexibility index (Phi) is 4.13. The molecule has 0 radical (unpaired) electrons. The molecule has 2 amide bonds. The Balaban J connectivity index is 1.69. The van der Waals surface area contributed by atoms with Gasteiger partial charge < -0.3 is 14.7 Å². The first kappa shape index (κ1) is 14.6. The summed E-state index contributed by atoms with van der Waals surface area (Å²) in [6.07, 6.45) is 1.97. The van der Waals surface area contributed by atoms with Crippen molar-refractivity contribution < 1.29 is 9.32 Å². The summed E-state index contributed by atoms with van der Waals surface area (Å²) >= 11 is 0. The third-order valence-corrected chi connectivity index (χ3v) is 4.22. The molecule has 0 saturated carbocycles. The summed E-state index contributed by atoms with van der Waals surface area (Å²) in [5.74, 6) is 0.810. The summed E-state index contributed by atoms with van der Waals surface area (Å²) in [6.45, 7) is 5.16. The number of carbonyl (C=O) groups is 1. The summed E-state index contributed by atoms with van der Waals surface area (Å²) in [5.41, 5.74) is 3.04. The van der Waals surface area contributed by atoms with E-state index in [1.54, 1.807) is 0 Å². The monoisotopic (exact) mass is 299 g/mol. The zero-order valence-electron chi connectivity index (χ0n) is 13.0. The molecule has 3 rings (SSSR count). The van der Waals surface area contributed by atoms with Crippen LogP contribution in [0.4, 0.5) is 4.79 Å². The Hall–Kier alpha value is -2.30. The van der Waals surface area contributed by atoms with Crippen molar-refractivity contribution in [1.29, 1.82) is 0 Å². The molecule has 5 nitrogen and oxygen atoms in total. The number of hydrogen-bond acceptors (Lipinski definition) is 3. The van der Waals surface area contributed by atoms with Gasteiger partial charge >= 0.3 is 6.03 Å². The first-order valence-electron chi connectivity index (χ1n) is 7.68. The van der Waals surface area contributed by atoms with Gasteiger partial charge in [0.25, 0.3) is 0 Å². The van der Waals surface area contributed by atoms with Gasteiger partial charge in [-0.05, 0) is 32.3 Å². The van der Waals surface area contributed by atoms with Crippen molar-refractivity contribution in [1.82, 2.24) is 15.4 Å². The smallest absolute Gasteiger partial charge is 0.318 e. The van der Waals surface area contributed by atoms with Crippen LogP contribution in [0.2, 0.25) is 0 Å². The lowest BCUT2D eigenvalue weighted by atomic mass is 10.0. The van der Waals surface area contributed by atoms with Crippen LogP contribution in [0.15, 0.2) is 34.9 Å².